The number of benzene rings is 1. The highest BCUT2D eigenvalue weighted by molar-refractivity contribution is 7.90. The lowest BCUT2D eigenvalue weighted by Crippen LogP contribution is -2.30. The van der Waals surface area contributed by atoms with E-state index < -0.39 is 9.84 Å². The van der Waals surface area contributed by atoms with Gasteiger partial charge in [-0.05, 0) is 43.7 Å². The molecule has 1 aliphatic rings. The Morgan fingerprint density at radius 2 is 2.08 bits per heavy atom. The van der Waals surface area contributed by atoms with Crippen LogP contribution in [0.5, 0.6) is 5.75 Å². The van der Waals surface area contributed by atoms with Gasteiger partial charge in [-0.3, -0.25) is 0 Å². The van der Waals surface area contributed by atoms with E-state index in [1.807, 2.05) is 0 Å². The number of rotatable bonds is 5. The summed E-state index contributed by atoms with van der Waals surface area (Å²) in [5, 5.41) is 3.93. The summed E-state index contributed by atoms with van der Waals surface area (Å²) in [6.07, 6.45) is 4.49. The van der Waals surface area contributed by atoms with Crippen LogP contribution >= 0.6 is 11.6 Å². The van der Waals surface area contributed by atoms with Crippen LogP contribution in [-0.2, 0) is 16.4 Å². The van der Waals surface area contributed by atoms with Gasteiger partial charge in [-0.1, -0.05) is 11.6 Å². The summed E-state index contributed by atoms with van der Waals surface area (Å²) in [5.74, 6) is 1.18. The highest BCUT2D eigenvalue weighted by Gasteiger charge is 2.25. The predicted molar refractivity (Wildman–Crippen MR) is 95.8 cm³/mol. The van der Waals surface area contributed by atoms with Gasteiger partial charge in [-0.2, -0.15) is 0 Å². The number of hydrogen-bond donors (Lipinski definition) is 1. The fourth-order valence-electron chi connectivity index (χ4n) is 2.83. The summed E-state index contributed by atoms with van der Waals surface area (Å²) in [6, 6.07) is 7.01. The molecule has 3 rings (SSSR count). The number of ether oxygens (including phenoxy) is 1. The third-order valence-electron chi connectivity index (χ3n) is 4.10. The second kappa shape index (κ2) is 7.68. The largest absolute Gasteiger partial charge is 0.486 e. The van der Waals surface area contributed by atoms with E-state index in [9.17, 15) is 8.42 Å². The number of halogens is 1. The normalized spacial score (nSPS) is 18.1. The van der Waals surface area contributed by atoms with E-state index in [1.165, 1.54) is 12.5 Å². The number of nitrogens with zero attached hydrogens (tertiary/aromatic N) is 2. The minimum Gasteiger partial charge on any atom is -0.486 e. The number of aromatic nitrogens is 2. The molecule has 1 atom stereocenters. The maximum absolute atomic E-state index is 12.1. The van der Waals surface area contributed by atoms with Gasteiger partial charge in [0.15, 0.2) is 15.7 Å². The molecule has 1 saturated heterocycles. The van der Waals surface area contributed by atoms with Gasteiger partial charge in [0.05, 0.1) is 5.69 Å². The highest BCUT2D eigenvalue weighted by Crippen LogP contribution is 2.27. The first kappa shape index (κ1) is 18.1. The van der Waals surface area contributed by atoms with Gasteiger partial charge in [0.2, 0.25) is 0 Å². The number of nitrogens with one attached hydrogen (secondary N) is 1. The van der Waals surface area contributed by atoms with Gasteiger partial charge in [0, 0.05) is 29.9 Å². The molecule has 0 amide bonds. The van der Waals surface area contributed by atoms with E-state index in [0.29, 0.717) is 22.3 Å². The topological polar surface area (TPSA) is 81.2 Å². The molecule has 1 fully saturated rings. The molecule has 1 unspecified atom stereocenters. The van der Waals surface area contributed by atoms with Crippen LogP contribution in [0.2, 0.25) is 5.02 Å². The Morgan fingerprint density at radius 3 is 2.72 bits per heavy atom. The van der Waals surface area contributed by atoms with Crippen LogP contribution in [0.15, 0.2) is 35.4 Å². The molecule has 25 heavy (non-hydrogen) atoms. The van der Waals surface area contributed by atoms with Gasteiger partial charge in [-0.25, -0.2) is 18.4 Å². The molecule has 0 saturated carbocycles. The van der Waals surface area contributed by atoms with Crippen LogP contribution < -0.4 is 10.1 Å². The number of sulfone groups is 1. The van der Waals surface area contributed by atoms with Crippen LogP contribution in [-0.4, -0.2) is 37.7 Å². The molecule has 8 heteroatoms. The van der Waals surface area contributed by atoms with E-state index in [0.717, 1.165) is 25.9 Å². The monoisotopic (exact) mass is 381 g/mol. The van der Waals surface area contributed by atoms with Crippen molar-refractivity contribution < 1.29 is 13.2 Å². The maximum atomic E-state index is 12.1. The number of hydrogen-bond acceptors (Lipinski definition) is 6. The van der Waals surface area contributed by atoms with Gasteiger partial charge in [-0.15, -0.1) is 0 Å². The summed E-state index contributed by atoms with van der Waals surface area (Å²) >= 11 is 5.85. The smallest absolute Gasteiger partial charge is 0.178 e. The third-order valence-corrected chi connectivity index (χ3v) is 5.46. The first-order chi connectivity index (χ1) is 11.9. The van der Waals surface area contributed by atoms with Gasteiger partial charge >= 0.3 is 0 Å². The van der Waals surface area contributed by atoms with E-state index in [1.54, 1.807) is 24.3 Å². The van der Waals surface area contributed by atoms with Crippen molar-refractivity contribution in [1.29, 1.82) is 0 Å². The standard InChI is InChI=1S/C17H20ClN3O3S/c1-25(22,23)15-10-20-16(11-24-14-6-4-13(18)5-7-14)21-17(15)12-3-2-8-19-9-12/h4-7,10,12,19H,2-3,8-9,11H2,1H3. The molecule has 2 aromatic rings. The van der Waals surface area contributed by atoms with Gasteiger partial charge in [0.1, 0.15) is 17.3 Å². The SMILES string of the molecule is CS(=O)(=O)c1cnc(COc2ccc(Cl)cc2)nc1C1CCCNC1. The fourth-order valence-corrected chi connectivity index (χ4v) is 3.80. The fraction of sp³-hybridized carbons (Fsp3) is 0.412. The molecule has 134 valence electrons. The Labute approximate surface area is 152 Å². The minimum absolute atomic E-state index is 0.0655. The van der Waals surface area contributed by atoms with Crippen LogP contribution in [0, 0.1) is 0 Å². The number of piperidine rings is 1. The predicted octanol–water partition coefficient (Wildman–Crippen LogP) is 2.58. The van der Waals surface area contributed by atoms with Crippen molar-refractivity contribution in [2.75, 3.05) is 19.3 Å². The summed E-state index contributed by atoms with van der Waals surface area (Å²) in [7, 11) is -3.38. The molecular weight excluding hydrogens is 362 g/mol. The zero-order valence-corrected chi connectivity index (χ0v) is 15.5. The third kappa shape index (κ3) is 4.68. The molecular formula is C17H20ClN3O3S. The summed E-state index contributed by atoms with van der Waals surface area (Å²) in [4.78, 5) is 8.89. The average Bonchev–Trinajstić information content (AvgIpc) is 2.61. The summed E-state index contributed by atoms with van der Waals surface area (Å²) < 4.78 is 29.8. The van der Waals surface area contributed by atoms with Crippen molar-refractivity contribution >= 4 is 21.4 Å². The molecule has 1 aromatic heterocycles. The van der Waals surface area contributed by atoms with E-state index in [-0.39, 0.29) is 17.4 Å². The Morgan fingerprint density at radius 1 is 1.32 bits per heavy atom. The second-order valence-electron chi connectivity index (χ2n) is 6.09. The average molecular weight is 382 g/mol. The Kier molecular flexibility index (Phi) is 5.56. The molecule has 0 bridgehead atoms. The molecule has 1 N–H and O–H groups in total. The van der Waals surface area contributed by atoms with E-state index in [4.69, 9.17) is 16.3 Å². The lowest BCUT2D eigenvalue weighted by molar-refractivity contribution is 0.294. The van der Waals surface area contributed by atoms with Crippen LogP contribution in [0.25, 0.3) is 0 Å². The summed E-state index contributed by atoms with van der Waals surface area (Å²) in [6.45, 7) is 1.83. The first-order valence-corrected chi connectivity index (χ1v) is 10.4. The van der Waals surface area contributed by atoms with E-state index >= 15 is 0 Å². The van der Waals surface area contributed by atoms with Gasteiger partial charge < -0.3 is 10.1 Å². The quantitative estimate of drug-likeness (QED) is 0.857. The molecule has 1 aliphatic heterocycles. The second-order valence-corrected chi connectivity index (χ2v) is 8.51. The van der Waals surface area contributed by atoms with E-state index in [2.05, 4.69) is 15.3 Å². The first-order valence-electron chi connectivity index (χ1n) is 8.08. The molecule has 1 aromatic carbocycles. The lowest BCUT2D eigenvalue weighted by atomic mass is 9.96. The Hall–Kier alpha value is -1.70. The van der Waals surface area contributed by atoms with Gasteiger partial charge in [0.25, 0.3) is 0 Å². The molecule has 0 aliphatic carbocycles. The van der Waals surface area contributed by atoms with Crippen molar-refractivity contribution in [3.05, 3.63) is 47.0 Å². The molecule has 0 spiro atoms. The molecule has 0 radical (unpaired) electrons. The molecule has 2 heterocycles. The summed E-state index contributed by atoms with van der Waals surface area (Å²) in [5.41, 5.74) is 0.583. The Balaban J connectivity index is 1.84. The maximum Gasteiger partial charge on any atom is 0.178 e. The van der Waals surface area contributed by atoms with Crippen LogP contribution in [0.3, 0.4) is 0 Å². The zero-order valence-electron chi connectivity index (χ0n) is 13.9. The molecule has 6 nitrogen and oxygen atoms in total. The van der Waals surface area contributed by atoms with Crippen molar-refractivity contribution in [3.63, 3.8) is 0 Å². The van der Waals surface area contributed by atoms with Crippen LogP contribution in [0.1, 0.15) is 30.3 Å². The minimum atomic E-state index is -3.38. The highest BCUT2D eigenvalue weighted by atomic mass is 35.5. The van der Waals surface area contributed by atoms with Crippen LogP contribution in [0.4, 0.5) is 0 Å². The zero-order chi connectivity index (χ0) is 17.9. The lowest BCUT2D eigenvalue weighted by Gasteiger charge is -2.24. The van der Waals surface area contributed by atoms with Crippen molar-refractivity contribution in [3.8, 4) is 5.75 Å². The van der Waals surface area contributed by atoms with Crippen molar-refractivity contribution in [1.82, 2.24) is 15.3 Å². The van der Waals surface area contributed by atoms with Crippen molar-refractivity contribution in [2.24, 2.45) is 0 Å². The Bertz CT molecular complexity index is 835. The van der Waals surface area contributed by atoms with Crippen molar-refractivity contribution in [2.45, 2.75) is 30.3 Å².